The highest BCUT2D eigenvalue weighted by Gasteiger charge is 2.51. The zero-order valence-corrected chi connectivity index (χ0v) is 12.7. The molecule has 0 heterocycles. The fraction of sp³-hybridized carbons (Fsp3) is 0.588. The number of amides is 1. The summed E-state index contributed by atoms with van der Waals surface area (Å²) in [5.41, 5.74) is 0.771. The first-order valence-electron chi connectivity index (χ1n) is 7.69. The molecule has 1 N–H and O–H groups in total. The lowest BCUT2D eigenvalue weighted by Gasteiger charge is -2.31. The Morgan fingerprint density at radius 1 is 1.30 bits per heavy atom. The van der Waals surface area contributed by atoms with Gasteiger partial charge in [-0.3, -0.25) is 4.79 Å². The molecule has 0 spiro atoms. The van der Waals surface area contributed by atoms with Gasteiger partial charge in [0.05, 0.1) is 5.41 Å². The van der Waals surface area contributed by atoms with Crippen LogP contribution in [0, 0.1) is 5.92 Å². The van der Waals surface area contributed by atoms with Gasteiger partial charge in [0.2, 0.25) is 5.91 Å². The molecule has 0 aliphatic heterocycles. The monoisotopic (exact) mass is 291 g/mol. The van der Waals surface area contributed by atoms with Crippen LogP contribution in [0.5, 0.6) is 0 Å². The maximum absolute atomic E-state index is 12.7. The third kappa shape index (κ3) is 2.58. The van der Waals surface area contributed by atoms with E-state index in [1.54, 1.807) is 0 Å². The maximum Gasteiger partial charge on any atom is 0.230 e. The van der Waals surface area contributed by atoms with Crippen molar-refractivity contribution in [2.45, 2.75) is 56.9 Å². The number of halogens is 1. The highest BCUT2D eigenvalue weighted by atomic mass is 35.5. The molecule has 1 aromatic rings. The van der Waals surface area contributed by atoms with Gasteiger partial charge in [0.15, 0.2) is 0 Å². The molecule has 108 valence electrons. The summed E-state index contributed by atoms with van der Waals surface area (Å²) in [7, 11) is 0. The standard InChI is InChI=1S/C17H22ClNO/c1-12-5-2-3-8-15(12)19-16(20)17(9-10-17)13-6-4-7-14(18)11-13/h4,6-7,11-12,15H,2-3,5,8-10H2,1H3,(H,19,20). The Bertz CT molecular complexity index is 509. The van der Waals surface area contributed by atoms with Crippen LogP contribution in [0.25, 0.3) is 0 Å². The van der Waals surface area contributed by atoms with Crippen LogP contribution in [-0.4, -0.2) is 11.9 Å². The van der Waals surface area contributed by atoms with E-state index in [4.69, 9.17) is 11.6 Å². The maximum atomic E-state index is 12.7. The SMILES string of the molecule is CC1CCCCC1NC(=O)C1(c2cccc(Cl)c2)CC1. The fourth-order valence-corrected chi connectivity index (χ4v) is 3.59. The number of carbonyl (C=O) groups excluding carboxylic acids is 1. The Balaban J connectivity index is 1.73. The van der Waals surface area contributed by atoms with Crippen molar-refractivity contribution in [3.8, 4) is 0 Å². The molecule has 0 aromatic heterocycles. The van der Waals surface area contributed by atoms with Gasteiger partial charge < -0.3 is 5.32 Å². The first-order chi connectivity index (χ1) is 9.62. The van der Waals surface area contributed by atoms with Crippen molar-refractivity contribution in [1.82, 2.24) is 5.32 Å². The summed E-state index contributed by atoms with van der Waals surface area (Å²) in [4.78, 5) is 12.7. The van der Waals surface area contributed by atoms with E-state index >= 15 is 0 Å². The summed E-state index contributed by atoms with van der Waals surface area (Å²) < 4.78 is 0. The van der Waals surface area contributed by atoms with Gasteiger partial charge in [-0.15, -0.1) is 0 Å². The molecule has 0 radical (unpaired) electrons. The minimum Gasteiger partial charge on any atom is -0.352 e. The van der Waals surface area contributed by atoms with Crippen LogP contribution in [-0.2, 0) is 10.2 Å². The second-order valence-corrected chi connectivity index (χ2v) is 6.87. The highest BCUT2D eigenvalue weighted by molar-refractivity contribution is 6.30. The predicted octanol–water partition coefficient (Wildman–Crippen LogP) is 4.07. The van der Waals surface area contributed by atoms with Gasteiger partial charge in [-0.1, -0.05) is 43.5 Å². The van der Waals surface area contributed by atoms with E-state index in [-0.39, 0.29) is 11.3 Å². The largest absolute Gasteiger partial charge is 0.352 e. The van der Waals surface area contributed by atoms with E-state index < -0.39 is 0 Å². The van der Waals surface area contributed by atoms with Gasteiger partial charge in [-0.2, -0.15) is 0 Å². The predicted molar refractivity (Wildman–Crippen MR) is 81.9 cm³/mol. The minimum absolute atomic E-state index is 0.207. The molecule has 0 saturated heterocycles. The molecule has 2 aliphatic carbocycles. The third-order valence-electron chi connectivity index (χ3n) is 4.99. The smallest absolute Gasteiger partial charge is 0.230 e. The minimum atomic E-state index is -0.304. The zero-order valence-electron chi connectivity index (χ0n) is 12.0. The third-order valence-corrected chi connectivity index (χ3v) is 5.22. The molecule has 2 saturated carbocycles. The van der Waals surface area contributed by atoms with Crippen molar-refractivity contribution in [3.63, 3.8) is 0 Å². The first kappa shape index (κ1) is 13.9. The summed E-state index contributed by atoms with van der Waals surface area (Å²) in [5.74, 6) is 0.807. The second-order valence-electron chi connectivity index (χ2n) is 6.43. The number of rotatable bonds is 3. The van der Waals surface area contributed by atoms with E-state index in [0.29, 0.717) is 17.0 Å². The Morgan fingerprint density at radius 3 is 2.70 bits per heavy atom. The Hall–Kier alpha value is -1.02. The molecule has 2 unspecified atom stereocenters. The number of hydrogen-bond acceptors (Lipinski definition) is 1. The molecule has 3 rings (SSSR count). The number of carbonyl (C=O) groups is 1. The van der Waals surface area contributed by atoms with Crippen molar-refractivity contribution in [1.29, 1.82) is 0 Å². The Kier molecular flexibility index (Phi) is 3.76. The average molecular weight is 292 g/mol. The van der Waals surface area contributed by atoms with E-state index in [9.17, 15) is 4.79 Å². The lowest BCUT2D eigenvalue weighted by molar-refractivity contribution is -0.124. The summed E-state index contributed by atoms with van der Waals surface area (Å²) in [5, 5.41) is 4.02. The van der Waals surface area contributed by atoms with Crippen LogP contribution in [0.4, 0.5) is 0 Å². The molecule has 2 atom stereocenters. The van der Waals surface area contributed by atoms with Gasteiger partial charge in [-0.25, -0.2) is 0 Å². The van der Waals surface area contributed by atoms with Crippen LogP contribution in [0.2, 0.25) is 5.02 Å². The topological polar surface area (TPSA) is 29.1 Å². The van der Waals surface area contributed by atoms with Crippen LogP contribution >= 0.6 is 11.6 Å². The molecular formula is C17H22ClNO. The molecule has 2 nitrogen and oxygen atoms in total. The normalized spacial score (nSPS) is 27.9. The molecule has 1 aromatic carbocycles. The lowest BCUT2D eigenvalue weighted by Crippen LogP contribution is -2.45. The molecule has 20 heavy (non-hydrogen) atoms. The Labute approximate surface area is 125 Å². The van der Waals surface area contributed by atoms with Crippen molar-refractivity contribution in [3.05, 3.63) is 34.9 Å². The van der Waals surface area contributed by atoms with Gasteiger partial charge >= 0.3 is 0 Å². The van der Waals surface area contributed by atoms with Crippen LogP contribution < -0.4 is 5.32 Å². The molecule has 2 fully saturated rings. The average Bonchev–Trinajstić information content (AvgIpc) is 3.23. The van der Waals surface area contributed by atoms with E-state index in [1.165, 1.54) is 19.3 Å². The van der Waals surface area contributed by atoms with Gasteiger partial charge in [-0.05, 0) is 49.3 Å². The van der Waals surface area contributed by atoms with E-state index in [2.05, 4.69) is 12.2 Å². The first-order valence-corrected chi connectivity index (χ1v) is 8.07. The molecule has 3 heteroatoms. The zero-order chi connectivity index (χ0) is 14.2. The molecule has 0 bridgehead atoms. The highest BCUT2D eigenvalue weighted by Crippen LogP contribution is 2.49. The second kappa shape index (κ2) is 5.40. The summed E-state index contributed by atoms with van der Waals surface area (Å²) in [6.07, 6.45) is 6.78. The lowest BCUT2D eigenvalue weighted by atomic mass is 9.85. The van der Waals surface area contributed by atoms with Gasteiger partial charge in [0.1, 0.15) is 0 Å². The van der Waals surface area contributed by atoms with Crippen molar-refractivity contribution >= 4 is 17.5 Å². The van der Waals surface area contributed by atoms with Gasteiger partial charge in [0, 0.05) is 11.1 Å². The van der Waals surface area contributed by atoms with Crippen LogP contribution in [0.1, 0.15) is 51.0 Å². The molecule has 1 amide bonds. The molecule has 2 aliphatic rings. The van der Waals surface area contributed by atoms with Crippen LogP contribution in [0.15, 0.2) is 24.3 Å². The van der Waals surface area contributed by atoms with Gasteiger partial charge in [0.25, 0.3) is 0 Å². The number of benzene rings is 1. The molecular weight excluding hydrogens is 270 g/mol. The summed E-state index contributed by atoms with van der Waals surface area (Å²) >= 11 is 6.07. The number of hydrogen-bond donors (Lipinski definition) is 1. The fourth-order valence-electron chi connectivity index (χ4n) is 3.40. The van der Waals surface area contributed by atoms with E-state index in [1.807, 2.05) is 24.3 Å². The van der Waals surface area contributed by atoms with Crippen molar-refractivity contribution in [2.75, 3.05) is 0 Å². The number of nitrogens with one attached hydrogen (secondary N) is 1. The Morgan fingerprint density at radius 2 is 2.05 bits per heavy atom. The van der Waals surface area contributed by atoms with Crippen LogP contribution in [0.3, 0.4) is 0 Å². The quantitative estimate of drug-likeness (QED) is 0.894. The van der Waals surface area contributed by atoms with Crippen molar-refractivity contribution in [2.24, 2.45) is 5.92 Å². The summed E-state index contributed by atoms with van der Waals surface area (Å²) in [6.45, 7) is 2.25. The summed E-state index contributed by atoms with van der Waals surface area (Å²) in [6, 6.07) is 8.13. The van der Waals surface area contributed by atoms with E-state index in [0.717, 1.165) is 24.8 Å². The van der Waals surface area contributed by atoms with Crippen molar-refractivity contribution < 1.29 is 4.79 Å².